The van der Waals surface area contributed by atoms with E-state index >= 15 is 0 Å². The van der Waals surface area contributed by atoms with Crippen LogP contribution in [0.15, 0.2) is 41.1 Å². The largest absolute Gasteiger partial charge is 0.364 e. The zero-order valence-electron chi connectivity index (χ0n) is 8.26. The number of carbonyl (C=O) groups is 1. The van der Waals surface area contributed by atoms with Gasteiger partial charge in [0.1, 0.15) is 17.8 Å². The molecule has 1 heterocycles. The lowest BCUT2D eigenvalue weighted by molar-refractivity contribution is -0.103. The molecular formula is C12H8FNO2. The zero-order valence-corrected chi connectivity index (χ0v) is 8.26. The molecule has 80 valence electrons. The molecule has 0 saturated carbocycles. The van der Waals surface area contributed by atoms with Crippen molar-refractivity contribution in [3.8, 4) is 0 Å². The summed E-state index contributed by atoms with van der Waals surface area (Å²) in [5.41, 5.74) is 1.61. The van der Waals surface area contributed by atoms with E-state index in [1.54, 1.807) is 12.1 Å². The molecule has 0 N–H and O–H groups in total. The molecule has 3 nitrogen and oxygen atoms in total. The molecule has 0 spiro atoms. The highest BCUT2D eigenvalue weighted by atomic mass is 19.1. The Morgan fingerprint density at radius 2 is 2.00 bits per heavy atom. The van der Waals surface area contributed by atoms with E-state index in [2.05, 4.69) is 9.68 Å². The summed E-state index contributed by atoms with van der Waals surface area (Å²) >= 11 is 0. The summed E-state index contributed by atoms with van der Waals surface area (Å²) in [6.45, 7) is 0. The highest BCUT2D eigenvalue weighted by molar-refractivity contribution is 6.13. The first-order valence-corrected chi connectivity index (χ1v) is 4.63. The summed E-state index contributed by atoms with van der Waals surface area (Å²) in [7, 11) is 0. The Morgan fingerprint density at radius 1 is 1.25 bits per heavy atom. The smallest absolute Gasteiger partial charge is 0.150 e. The van der Waals surface area contributed by atoms with Gasteiger partial charge in [-0.2, -0.15) is 0 Å². The van der Waals surface area contributed by atoms with Crippen LogP contribution in [0, 0.1) is 5.82 Å². The van der Waals surface area contributed by atoms with Crippen molar-refractivity contribution in [1.29, 1.82) is 0 Å². The molecular weight excluding hydrogens is 209 g/mol. The van der Waals surface area contributed by atoms with Gasteiger partial charge in [0.05, 0.1) is 0 Å². The summed E-state index contributed by atoms with van der Waals surface area (Å²) in [5, 5.41) is 3.66. The van der Waals surface area contributed by atoms with Crippen LogP contribution < -0.4 is 0 Å². The number of halogens is 1. The number of carbonyl (C=O) groups excluding carboxylic acids is 1. The minimum Gasteiger partial charge on any atom is -0.364 e. The first-order chi connectivity index (χ1) is 7.79. The summed E-state index contributed by atoms with van der Waals surface area (Å²) in [5.74, 6) is -0.338. The third-order valence-electron chi connectivity index (χ3n) is 2.07. The second-order valence-corrected chi connectivity index (χ2v) is 3.15. The summed E-state index contributed by atoms with van der Waals surface area (Å²) < 4.78 is 17.3. The molecule has 2 rings (SSSR count). The molecule has 0 aliphatic carbocycles. The quantitative estimate of drug-likeness (QED) is 0.586. The van der Waals surface area contributed by atoms with Gasteiger partial charge >= 0.3 is 0 Å². The molecule has 0 amide bonds. The van der Waals surface area contributed by atoms with Gasteiger partial charge < -0.3 is 4.52 Å². The average molecular weight is 217 g/mol. The minimum absolute atomic E-state index is 0.338. The number of hydrogen-bond acceptors (Lipinski definition) is 3. The monoisotopic (exact) mass is 217 g/mol. The summed E-state index contributed by atoms with van der Waals surface area (Å²) in [4.78, 5) is 10.9. The van der Waals surface area contributed by atoms with Crippen LogP contribution in [-0.4, -0.2) is 11.4 Å². The molecule has 0 unspecified atom stereocenters. The summed E-state index contributed by atoms with van der Waals surface area (Å²) in [6, 6.07) is 7.31. The van der Waals surface area contributed by atoms with Crippen molar-refractivity contribution >= 4 is 17.9 Å². The lowest BCUT2D eigenvalue weighted by Gasteiger charge is -1.98. The number of hydrogen-bond donors (Lipinski definition) is 0. The molecule has 0 atom stereocenters. The summed E-state index contributed by atoms with van der Waals surface area (Å²) in [6.07, 6.45) is 3.69. The molecule has 2 aromatic rings. The van der Waals surface area contributed by atoms with E-state index in [-0.39, 0.29) is 5.82 Å². The number of rotatable bonds is 3. The molecule has 1 aromatic carbocycles. The van der Waals surface area contributed by atoms with Gasteiger partial charge in [-0.25, -0.2) is 4.39 Å². The molecule has 4 heteroatoms. The predicted octanol–water partition coefficient (Wildman–Crippen LogP) is 2.55. The van der Waals surface area contributed by atoms with E-state index in [1.165, 1.54) is 30.5 Å². The Bertz CT molecular complexity index is 500. The maximum absolute atomic E-state index is 12.7. The topological polar surface area (TPSA) is 43.1 Å². The van der Waals surface area contributed by atoms with Gasteiger partial charge in [0.2, 0.25) is 0 Å². The van der Waals surface area contributed by atoms with Gasteiger partial charge in [-0.05, 0) is 23.8 Å². The number of nitrogens with zero attached hydrogens (tertiary/aromatic N) is 1. The second kappa shape index (κ2) is 4.53. The number of aromatic nitrogens is 1. The van der Waals surface area contributed by atoms with Crippen LogP contribution in [0.1, 0.15) is 11.3 Å². The van der Waals surface area contributed by atoms with Crippen molar-refractivity contribution in [1.82, 2.24) is 5.16 Å². The standard InChI is InChI=1S/C12H8FNO2/c13-11-3-1-9(2-4-11)10(8-15)7-12-5-6-16-14-12/h1-8H. The van der Waals surface area contributed by atoms with Crippen LogP contribution in [-0.2, 0) is 4.79 Å². The Hall–Kier alpha value is -2.23. The Kier molecular flexibility index (Phi) is 2.91. The Balaban J connectivity index is 2.36. The van der Waals surface area contributed by atoms with Crippen LogP contribution in [0.25, 0.3) is 11.6 Å². The second-order valence-electron chi connectivity index (χ2n) is 3.15. The Labute approximate surface area is 91.2 Å². The first-order valence-electron chi connectivity index (χ1n) is 4.63. The van der Waals surface area contributed by atoms with Gasteiger partial charge in [0.15, 0.2) is 6.29 Å². The number of aldehydes is 1. The fourth-order valence-corrected chi connectivity index (χ4v) is 1.28. The van der Waals surface area contributed by atoms with E-state index in [0.29, 0.717) is 23.1 Å². The maximum Gasteiger partial charge on any atom is 0.150 e. The van der Waals surface area contributed by atoms with Crippen molar-refractivity contribution in [2.75, 3.05) is 0 Å². The highest BCUT2D eigenvalue weighted by Crippen LogP contribution is 2.15. The van der Waals surface area contributed by atoms with Crippen molar-refractivity contribution in [2.24, 2.45) is 0 Å². The van der Waals surface area contributed by atoms with Crippen LogP contribution in [0.2, 0.25) is 0 Å². The number of benzene rings is 1. The normalized spacial score (nSPS) is 11.4. The first kappa shape index (κ1) is 10.3. The molecule has 0 aliphatic heterocycles. The third-order valence-corrected chi connectivity index (χ3v) is 2.07. The van der Waals surface area contributed by atoms with Crippen LogP contribution in [0.5, 0.6) is 0 Å². The third kappa shape index (κ3) is 2.23. The van der Waals surface area contributed by atoms with E-state index in [0.717, 1.165) is 0 Å². The van der Waals surface area contributed by atoms with E-state index in [9.17, 15) is 9.18 Å². The lowest BCUT2D eigenvalue weighted by atomic mass is 10.1. The van der Waals surface area contributed by atoms with E-state index < -0.39 is 0 Å². The molecule has 0 fully saturated rings. The average Bonchev–Trinajstić information content (AvgIpc) is 2.80. The van der Waals surface area contributed by atoms with Crippen LogP contribution in [0.3, 0.4) is 0 Å². The fourth-order valence-electron chi connectivity index (χ4n) is 1.28. The molecule has 1 aromatic heterocycles. The maximum atomic E-state index is 12.7. The van der Waals surface area contributed by atoms with Crippen LogP contribution in [0.4, 0.5) is 4.39 Å². The van der Waals surface area contributed by atoms with E-state index in [1.807, 2.05) is 0 Å². The predicted molar refractivity (Wildman–Crippen MR) is 56.8 cm³/mol. The van der Waals surface area contributed by atoms with E-state index in [4.69, 9.17) is 0 Å². The van der Waals surface area contributed by atoms with Crippen molar-refractivity contribution in [2.45, 2.75) is 0 Å². The molecule has 0 aliphatic rings. The highest BCUT2D eigenvalue weighted by Gasteiger charge is 2.02. The van der Waals surface area contributed by atoms with Gasteiger partial charge in [0, 0.05) is 11.6 Å². The van der Waals surface area contributed by atoms with Gasteiger partial charge in [-0.15, -0.1) is 0 Å². The van der Waals surface area contributed by atoms with Crippen LogP contribution >= 0.6 is 0 Å². The van der Waals surface area contributed by atoms with Gasteiger partial charge in [-0.3, -0.25) is 4.79 Å². The zero-order chi connectivity index (χ0) is 11.4. The number of allylic oxidation sites excluding steroid dienone is 1. The molecule has 0 radical (unpaired) electrons. The van der Waals surface area contributed by atoms with Gasteiger partial charge in [-0.1, -0.05) is 17.3 Å². The van der Waals surface area contributed by atoms with Crippen molar-refractivity contribution < 1.29 is 13.7 Å². The molecule has 0 saturated heterocycles. The fraction of sp³-hybridized carbons (Fsp3) is 0. The van der Waals surface area contributed by atoms with Crippen molar-refractivity contribution in [3.05, 3.63) is 53.7 Å². The van der Waals surface area contributed by atoms with Crippen molar-refractivity contribution in [3.63, 3.8) is 0 Å². The Morgan fingerprint density at radius 3 is 2.56 bits per heavy atom. The molecule has 0 bridgehead atoms. The van der Waals surface area contributed by atoms with Gasteiger partial charge in [0.25, 0.3) is 0 Å². The molecule has 16 heavy (non-hydrogen) atoms. The SMILES string of the molecule is O=CC(=Cc1ccon1)c1ccc(F)cc1. The lowest BCUT2D eigenvalue weighted by Crippen LogP contribution is -1.86. The minimum atomic E-state index is -0.338.